The van der Waals surface area contributed by atoms with Gasteiger partial charge in [-0.15, -0.1) is 0 Å². The van der Waals surface area contributed by atoms with E-state index < -0.39 is 5.97 Å². The Labute approximate surface area is 124 Å². The molecule has 2 N–H and O–H groups in total. The molecule has 1 rings (SSSR count). The Kier molecular flexibility index (Phi) is 6.21. The molecule has 0 spiro atoms. The summed E-state index contributed by atoms with van der Waals surface area (Å²) in [6, 6.07) is 8.79. The molecule has 0 aromatic heterocycles. The number of amides is 2. The molecule has 1 aromatic carbocycles. The fourth-order valence-corrected chi connectivity index (χ4v) is 1.81. The lowest BCUT2D eigenvalue weighted by molar-refractivity contribution is -0.137. The Bertz CT molecular complexity index is 534. The first kappa shape index (κ1) is 16.5. The van der Waals surface area contributed by atoms with Crippen molar-refractivity contribution in [1.82, 2.24) is 4.90 Å². The molecule has 0 aliphatic heterocycles. The Hall–Kier alpha value is -2.55. The van der Waals surface area contributed by atoms with Crippen molar-refractivity contribution in [2.45, 2.75) is 25.7 Å². The fraction of sp³-hybridized carbons (Fsp3) is 0.400. The van der Waals surface area contributed by atoms with Crippen LogP contribution in [0.25, 0.3) is 0 Å². The molecule has 0 fully saturated rings. The Morgan fingerprint density at radius 2 is 2.00 bits per heavy atom. The van der Waals surface area contributed by atoms with Crippen molar-refractivity contribution in [2.24, 2.45) is 0 Å². The van der Waals surface area contributed by atoms with Gasteiger partial charge >= 0.3 is 12.0 Å². The summed E-state index contributed by atoms with van der Waals surface area (Å²) in [5.74, 6) is -0.912. The highest BCUT2D eigenvalue weighted by Crippen LogP contribution is 2.21. The molecule has 6 heteroatoms. The maximum Gasteiger partial charge on any atom is 0.321 e. The van der Waals surface area contributed by atoms with E-state index in [1.54, 1.807) is 31.3 Å². The minimum atomic E-state index is -0.834. The van der Waals surface area contributed by atoms with Gasteiger partial charge in [0.1, 0.15) is 0 Å². The number of rotatable bonds is 6. The number of nitriles is 1. The van der Waals surface area contributed by atoms with Crippen molar-refractivity contribution in [3.05, 3.63) is 29.8 Å². The first-order chi connectivity index (χ1) is 9.93. The molecule has 0 aliphatic rings. The van der Waals surface area contributed by atoms with Gasteiger partial charge in [-0.25, -0.2) is 4.79 Å². The SMILES string of the molecule is CC(CC(=O)O)c1ccc(NC(=O)N(C)CCC#N)cc1. The van der Waals surface area contributed by atoms with Gasteiger partial charge in [-0.05, 0) is 23.6 Å². The van der Waals surface area contributed by atoms with E-state index in [4.69, 9.17) is 10.4 Å². The van der Waals surface area contributed by atoms with Crippen LogP contribution in [-0.2, 0) is 4.79 Å². The number of aliphatic carboxylic acids is 1. The molecule has 0 bridgehead atoms. The highest BCUT2D eigenvalue weighted by molar-refractivity contribution is 5.89. The van der Waals surface area contributed by atoms with E-state index >= 15 is 0 Å². The van der Waals surface area contributed by atoms with Crippen LogP contribution < -0.4 is 5.32 Å². The lowest BCUT2D eigenvalue weighted by Gasteiger charge is -2.17. The van der Waals surface area contributed by atoms with Crippen molar-refractivity contribution in [1.29, 1.82) is 5.26 Å². The summed E-state index contributed by atoms with van der Waals surface area (Å²) in [7, 11) is 1.62. The quantitative estimate of drug-likeness (QED) is 0.841. The smallest absolute Gasteiger partial charge is 0.321 e. The summed E-state index contributed by atoms with van der Waals surface area (Å²) in [5, 5.41) is 20.0. The van der Waals surface area contributed by atoms with Crippen LogP contribution in [-0.4, -0.2) is 35.6 Å². The fourth-order valence-electron chi connectivity index (χ4n) is 1.81. The first-order valence-corrected chi connectivity index (χ1v) is 6.65. The van der Waals surface area contributed by atoms with Gasteiger partial charge in [-0.3, -0.25) is 4.79 Å². The van der Waals surface area contributed by atoms with Crippen molar-refractivity contribution in [2.75, 3.05) is 18.9 Å². The van der Waals surface area contributed by atoms with Gasteiger partial charge in [0.05, 0.1) is 18.9 Å². The number of carboxylic acid groups (broad SMARTS) is 1. The summed E-state index contributed by atoms with van der Waals surface area (Å²) in [6.07, 6.45) is 0.359. The van der Waals surface area contributed by atoms with Crippen LogP contribution in [0.15, 0.2) is 24.3 Å². The zero-order chi connectivity index (χ0) is 15.8. The van der Waals surface area contributed by atoms with E-state index in [0.29, 0.717) is 12.2 Å². The summed E-state index contributed by atoms with van der Waals surface area (Å²) >= 11 is 0. The van der Waals surface area contributed by atoms with Crippen molar-refractivity contribution < 1.29 is 14.7 Å². The number of carboxylic acids is 1. The molecule has 2 amide bonds. The van der Waals surface area contributed by atoms with E-state index in [1.165, 1.54) is 4.90 Å². The summed E-state index contributed by atoms with van der Waals surface area (Å²) < 4.78 is 0. The van der Waals surface area contributed by atoms with E-state index in [2.05, 4.69) is 5.32 Å². The average molecular weight is 289 g/mol. The zero-order valence-corrected chi connectivity index (χ0v) is 12.2. The topological polar surface area (TPSA) is 93.4 Å². The van der Waals surface area contributed by atoms with Crippen LogP contribution in [0, 0.1) is 11.3 Å². The van der Waals surface area contributed by atoms with Crippen molar-refractivity contribution >= 4 is 17.7 Å². The molecule has 0 aliphatic carbocycles. The van der Waals surface area contributed by atoms with E-state index in [1.807, 2.05) is 13.0 Å². The van der Waals surface area contributed by atoms with Gasteiger partial charge in [0.25, 0.3) is 0 Å². The Balaban J connectivity index is 2.60. The largest absolute Gasteiger partial charge is 0.481 e. The van der Waals surface area contributed by atoms with Gasteiger partial charge in [-0.1, -0.05) is 19.1 Å². The predicted octanol–water partition coefficient (Wildman–Crippen LogP) is 2.64. The number of benzene rings is 1. The number of hydrogen-bond donors (Lipinski definition) is 2. The molecule has 21 heavy (non-hydrogen) atoms. The Morgan fingerprint density at radius 1 is 1.38 bits per heavy atom. The second-order valence-electron chi connectivity index (χ2n) is 4.88. The summed E-state index contributed by atoms with van der Waals surface area (Å²) in [6.45, 7) is 2.22. The number of carbonyl (C=O) groups excluding carboxylic acids is 1. The van der Waals surface area contributed by atoms with Crippen LogP contribution in [0.2, 0.25) is 0 Å². The van der Waals surface area contributed by atoms with E-state index in [0.717, 1.165) is 5.56 Å². The van der Waals surface area contributed by atoms with Gasteiger partial charge in [0.15, 0.2) is 0 Å². The molecule has 0 saturated heterocycles. The van der Waals surface area contributed by atoms with Gasteiger partial charge in [0.2, 0.25) is 0 Å². The van der Waals surface area contributed by atoms with Crippen molar-refractivity contribution in [3.63, 3.8) is 0 Å². The Morgan fingerprint density at radius 3 is 2.52 bits per heavy atom. The third-order valence-corrected chi connectivity index (χ3v) is 3.12. The third kappa shape index (κ3) is 5.53. The number of anilines is 1. The average Bonchev–Trinajstić information content (AvgIpc) is 2.44. The third-order valence-electron chi connectivity index (χ3n) is 3.12. The second-order valence-corrected chi connectivity index (χ2v) is 4.88. The van der Waals surface area contributed by atoms with Gasteiger partial charge in [0, 0.05) is 19.3 Å². The molecule has 1 unspecified atom stereocenters. The van der Waals surface area contributed by atoms with Crippen LogP contribution in [0.5, 0.6) is 0 Å². The maximum atomic E-state index is 11.8. The summed E-state index contributed by atoms with van der Waals surface area (Å²) in [4.78, 5) is 23.9. The molecule has 0 radical (unpaired) electrons. The minimum Gasteiger partial charge on any atom is -0.481 e. The van der Waals surface area contributed by atoms with Crippen LogP contribution in [0.4, 0.5) is 10.5 Å². The monoisotopic (exact) mass is 289 g/mol. The molecule has 1 aromatic rings. The van der Waals surface area contributed by atoms with Crippen molar-refractivity contribution in [3.8, 4) is 6.07 Å². The predicted molar refractivity (Wildman–Crippen MR) is 79.0 cm³/mol. The van der Waals surface area contributed by atoms with Crippen LogP contribution in [0.3, 0.4) is 0 Å². The normalized spacial score (nSPS) is 11.3. The lowest BCUT2D eigenvalue weighted by Crippen LogP contribution is -2.31. The molecule has 6 nitrogen and oxygen atoms in total. The number of carbonyl (C=O) groups is 2. The molecular weight excluding hydrogens is 270 g/mol. The zero-order valence-electron chi connectivity index (χ0n) is 12.2. The van der Waals surface area contributed by atoms with E-state index in [9.17, 15) is 9.59 Å². The first-order valence-electron chi connectivity index (χ1n) is 6.65. The lowest BCUT2D eigenvalue weighted by atomic mass is 9.98. The van der Waals surface area contributed by atoms with Gasteiger partial charge in [-0.2, -0.15) is 5.26 Å². The molecule has 0 heterocycles. The maximum absolute atomic E-state index is 11.8. The second kappa shape index (κ2) is 7.90. The molecule has 0 saturated carbocycles. The van der Waals surface area contributed by atoms with Crippen LogP contribution >= 0.6 is 0 Å². The standard InChI is InChI=1S/C15H19N3O3/c1-11(10-14(19)20)12-4-6-13(7-5-12)17-15(21)18(2)9-3-8-16/h4-7,11H,3,9-10H2,1-2H3,(H,17,21)(H,19,20). The van der Waals surface area contributed by atoms with E-state index in [-0.39, 0.29) is 24.8 Å². The number of hydrogen-bond acceptors (Lipinski definition) is 3. The van der Waals surface area contributed by atoms with Gasteiger partial charge < -0.3 is 15.3 Å². The molecular formula is C15H19N3O3. The minimum absolute atomic E-state index is 0.0720. The number of nitrogens with one attached hydrogen (secondary N) is 1. The molecule has 1 atom stereocenters. The highest BCUT2D eigenvalue weighted by atomic mass is 16.4. The number of nitrogens with zero attached hydrogens (tertiary/aromatic N) is 2. The number of urea groups is 1. The summed E-state index contributed by atoms with van der Waals surface area (Å²) in [5.41, 5.74) is 1.54. The highest BCUT2D eigenvalue weighted by Gasteiger charge is 2.11. The van der Waals surface area contributed by atoms with Crippen LogP contribution in [0.1, 0.15) is 31.2 Å². The molecule has 112 valence electrons.